The summed E-state index contributed by atoms with van der Waals surface area (Å²) >= 11 is 6.39. The Bertz CT molecular complexity index is 733. The highest BCUT2D eigenvalue weighted by molar-refractivity contribution is 14.1. The van der Waals surface area contributed by atoms with Crippen LogP contribution in [0.5, 0.6) is 0 Å². The van der Waals surface area contributed by atoms with Crippen LogP contribution in [0.1, 0.15) is 50.9 Å². The summed E-state index contributed by atoms with van der Waals surface area (Å²) in [4.78, 5) is 24.5. The number of hydroxylamine groups is 2. The third-order valence-electron chi connectivity index (χ3n) is 4.43. The third-order valence-corrected chi connectivity index (χ3v) is 8.10. The van der Waals surface area contributed by atoms with Crippen LogP contribution in [0.15, 0.2) is 12.1 Å². The number of halogens is 3. The van der Waals surface area contributed by atoms with E-state index in [4.69, 9.17) is 9.47 Å². The van der Waals surface area contributed by atoms with Gasteiger partial charge in [0.15, 0.2) is 6.61 Å². The first kappa shape index (κ1) is 23.5. The zero-order valence-corrected chi connectivity index (χ0v) is 22.0. The Balaban J connectivity index is 1.96. The van der Waals surface area contributed by atoms with Crippen molar-refractivity contribution in [3.8, 4) is 0 Å². The Morgan fingerprint density at radius 3 is 2.26 bits per heavy atom. The molecule has 0 unspecified atom stereocenters. The van der Waals surface area contributed by atoms with Gasteiger partial charge in [0, 0.05) is 34.6 Å². The van der Waals surface area contributed by atoms with E-state index in [1.165, 1.54) is 5.06 Å². The number of carbonyl (C=O) groups excluding carboxylic acids is 2. The number of esters is 2. The summed E-state index contributed by atoms with van der Waals surface area (Å²) < 4.78 is 13.4. The molecule has 0 aromatic heterocycles. The van der Waals surface area contributed by atoms with E-state index >= 15 is 0 Å². The highest BCUT2D eigenvalue weighted by atomic mass is 127. The maximum Gasteiger partial charge on any atom is 0.344 e. The van der Waals surface area contributed by atoms with Crippen LogP contribution in [0.25, 0.3) is 0 Å². The van der Waals surface area contributed by atoms with Crippen LogP contribution in [0, 0.1) is 10.7 Å². The molecule has 1 saturated heterocycles. The summed E-state index contributed by atoms with van der Waals surface area (Å²) in [5.41, 5.74) is -0.594. The zero-order valence-electron chi connectivity index (χ0n) is 15.5. The van der Waals surface area contributed by atoms with Crippen molar-refractivity contribution in [2.75, 3.05) is 6.61 Å². The second-order valence-electron chi connectivity index (χ2n) is 7.78. The van der Waals surface area contributed by atoms with Crippen molar-refractivity contribution in [3.05, 3.63) is 28.4 Å². The molecule has 1 aliphatic rings. The Morgan fingerprint density at radius 2 is 1.70 bits per heavy atom. The van der Waals surface area contributed by atoms with Gasteiger partial charge in [-0.1, -0.05) is 0 Å². The summed E-state index contributed by atoms with van der Waals surface area (Å²) in [7, 11) is 0. The normalized spacial score (nSPS) is 19.6. The molecule has 1 aromatic carbocycles. The predicted octanol–water partition coefficient (Wildman–Crippen LogP) is 4.61. The maximum atomic E-state index is 12.3. The van der Waals surface area contributed by atoms with Crippen LogP contribution in [-0.4, -0.2) is 46.0 Å². The molecule has 1 fully saturated rings. The number of hydrogen-bond donors (Lipinski definition) is 1. The Morgan fingerprint density at radius 1 is 1.15 bits per heavy atom. The summed E-state index contributed by atoms with van der Waals surface area (Å²) in [5.74, 6) is -1.12. The molecule has 0 spiro atoms. The minimum absolute atomic E-state index is 0.344. The van der Waals surface area contributed by atoms with Gasteiger partial charge in [-0.05, 0) is 108 Å². The quantitative estimate of drug-likeness (QED) is 0.280. The monoisotopic (exact) mass is 713 g/mol. The van der Waals surface area contributed by atoms with Crippen molar-refractivity contribution in [2.24, 2.45) is 0 Å². The summed E-state index contributed by atoms with van der Waals surface area (Å²) in [6, 6.07) is 3.70. The second kappa shape index (κ2) is 8.96. The Hall–Kier alpha value is 0.270. The lowest BCUT2D eigenvalue weighted by atomic mass is 9.80. The van der Waals surface area contributed by atoms with Crippen molar-refractivity contribution in [2.45, 2.75) is 57.7 Å². The molecule has 0 amide bonds. The molecule has 150 valence electrons. The summed E-state index contributed by atoms with van der Waals surface area (Å²) in [6.45, 7) is 7.16. The van der Waals surface area contributed by atoms with E-state index in [0.29, 0.717) is 18.4 Å². The molecule has 1 aliphatic heterocycles. The molecule has 9 heteroatoms. The largest absolute Gasteiger partial charge is 0.460 e. The van der Waals surface area contributed by atoms with Crippen LogP contribution in [0.2, 0.25) is 0 Å². The van der Waals surface area contributed by atoms with Crippen molar-refractivity contribution in [1.29, 1.82) is 0 Å². The zero-order chi connectivity index (χ0) is 20.6. The first-order valence-electron chi connectivity index (χ1n) is 8.34. The average Bonchev–Trinajstić information content (AvgIpc) is 2.53. The van der Waals surface area contributed by atoms with Crippen LogP contribution in [0.4, 0.5) is 0 Å². The van der Waals surface area contributed by atoms with E-state index in [1.807, 2.05) is 33.8 Å². The second-order valence-corrected chi connectivity index (χ2v) is 11.3. The molecular formula is C18H22I3NO5. The molecule has 27 heavy (non-hydrogen) atoms. The van der Waals surface area contributed by atoms with Crippen molar-refractivity contribution in [3.63, 3.8) is 0 Å². The van der Waals surface area contributed by atoms with Crippen LogP contribution >= 0.6 is 67.8 Å². The number of benzene rings is 1. The van der Waals surface area contributed by atoms with Gasteiger partial charge in [0.1, 0.15) is 6.10 Å². The highest BCUT2D eigenvalue weighted by Crippen LogP contribution is 2.37. The first-order chi connectivity index (χ1) is 12.3. The van der Waals surface area contributed by atoms with Crippen LogP contribution < -0.4 is 0 Å². The number of carbonyl (C=O) groups is 2. The summed E-state index contributed by atoms with van der Waals surface area (Å²) in [5, 5.41) is 11.6. The minimum atomic E-state index is -0.582. The minimum Gasteiger partial charge on any atom is -0.460 e. The third kappa shape index (κ3) is 5.89. The molecule has 1 aromatic rings. The molecule has 1 N–H and O–H groups in total. The van der Waals surface area contributed by atoms with Gasteiger partial charge >= 0.3 is 11.9 Å². The molecular weight excluding hydrogens is 691 g/mol. The van der Waals surface area contributed by atoms with Gasteiger partial charge in [-0.15, -0.1) is 0 Å². The van der Waals surface area contributed by atoms with Crippen molar-refractivity contribution < 1.29 is 24.3 Å². The average molecular weight is 713 g/mol. The first-order valence-corrected chi connectivity index (χ1v) is 11.6. The lowest BCUT2D eigenvalue weighted by Crippen LogP contribution is -2.60. The van der Waals surface area contributed by atoms with E-state index in [2.05, 4.69) is 67.8 Å². The van der Waals surface area contributed by atoms with Gasteiger partial charge in [0.05, 0.1) is 5.56 Å². The van der Waals surface area contributed by atoms with Crippen molar-refractivity contribution in [1.82, 2.24) is 5.06 Å². The molecule has 6 nitrogen and oxygen atoms in total. The molecule has 0 radical (unpaired) electrons. The molecule has 2 rings (SSSR count). The Labute approximate surface area is 200 Å². The van der Waals surface area contributed by atoms with Crippen molar-refractivity contribution >= 4 is 79.7 Å². The molecule has 0 bridgehead atoms. The number of hydrogen-bond acceptors (Lipinski definition) is 6. The van der Waals surface area contributed by atoms with E-state index < -0.39 is 29.6 Å². The van der Waals surface area contributed by atoms with E-state index in [0.717, 1.165) is 10.7 Å². The smallest absolute Gasteiger partial charge is 0.344 e. The maximum absolute atomic E-state index is 12.3. The molecule has 0 saturated carbocycles. The fourth-order valence-electron chi connectivity index (χ4n) is 3.39. The van der Waals surface area contributed by atoms with Crippen LogP contribution in [0.3, 0.4) is 0 Å². The van der Waals surface area contributed by atoms with Gasteiger partial charge in [-0.25, -0.2) is 9.59 Å². The molecule has 0 aliphatic carbocycles. The molecule has 1 heterocycles. The van der Waals surface area contributed by atoms with Gasteiger partial charge in [0.25, 0.3) is 0 Å². The standard InChI is InChI=1S/C18H22I3NO5/c1-17(2)7-11(8-18(3,4)22(17)25)27-14(23)9-26-16(24)12-5-10(19)6-13(20)15(12)21/h5-6,11,25H,7-9H2,1-4H3. The van der Waals surface area contributed by atoms with Gasteiger partial charge in [-0.3, -0.25) is 0 Å². The summed E-state index contributed by atoms with van der Waals surface area (Å²) in [6.07, 6.45) is 0.655. The fraction of sp³-hybridized carbons (Fsp3) is 0.556. The SMILES string of the molecule is CC1(C)CC(OC(=O)COC(=O)c2cc(I)cc(I)c2I)CC(C)(C)N1O. The lowest BCUT2D eigenvalue weighted by molar-refractivity contribution is -0.259. The van der Waals surface area contributed by atoms with Gasteiger partial charge in [0.2, 0.25) is 0 Å². The Kier molecular flexibility index (Phi) is 7.81. The number of ether oxygens (including phenoxy) is 2. The van der Waals surface area contributed by atoms with E-state index in [1.54, 1.807) is 6.07 Å². The van der Waals surface area contributed by atoms with Gasteiger partial charge in [-0.2, -0.15) is 5.06 Å². The van der Waals surface area contributed by atoms with E-state index in [-0.39, 0.29) is 6.10 Å². The topological polar surface area (TPSA) is 76.1 Å². The molecule has 0 atom stereocenters. The number of nitrogens with zero attached hydrogens (tertiary/aromatic N) is 1. The number of piperidine rings is 1. The van der Waals surface area contributed by atoms with Gasteiger partial charge < -0.3 is 14.7 Å². The fourth-order valence-corrected chi connectivity index (χ4v) is 5.77. The lowest BCUT2D eigenvalue weighted by Gasteiger charge is -2.50. The van der Waals surface area contributed by atoms with E-state index in [9.17, 15) is 14.8 Å². The number of rotatable bonds is 4. The highest BCUT2D eigenvalue weighted by Gasteiger charge is 2.46. The predicted molar refractivity (Wildman–Crippen MR) is 126 cm³/mol. The van der Waals surface area contributed by atoms with Crippen LogP contribution in [-0.2, 0) is 14.3 Å².